The van der Waals surface area contributed by atoms with Crippen LogP contribution in [0.25, 0.3) is 0 Å². The molecule has 0 radical (unpaired) electrons. The lowest BCUT2D eigenvalue weighted by atomic mass is 9.92. The highest BCUT2D eigenvalue weighted by Crippen LogP contribution is 2.34. The average Bonchev–Trinajstić information content (AvgIpc) is 2.27. The van der Waals surface area contributed by atoms with Crippen LogP contribution in [-0.2, 0) is 4.94 Å². The molecule has 1 rings (SSSR count). The maximum Gasteiger partial charge on any atom is 0.312 e. The van der Waals surface area contributed by atoms with Gasteiger partial charge in [-0.05, 0) is 32.3 Å². The average molecular weight is 266 g/mol. The Hall–Kier alpha value is -1.62. The van der Waals surface area contributed by atoms with E-state index >= 15 is 0 Å². The summed E-state index contributed by atoms with van der Waals surface area (Å²) in [6.45, 7) is 9.75. The molecule has 5 heteroatoms. The third-order valence-corrected chi connectivity index (χ3v) is 2.84. The molecule has 0 N–H and O–H groups in total. The third-order valence-electron chi connectivity index (χ3n) is 2.84. The summed E-state index contributed by atoms with van der Waals surface area (Å²) in [7, 11) is 0. The molecule has 0 aromatic heterocycles. The van der Waals surface area contributed by atoms with E-state index in [9.17, 15) is 10.1 Å². The quantitative estimate of drug-likeness (QED) is 0.603. The van der Waals surface area contributed by atoms with Crippen LogP contribution in [0.2, 0.25) is 0 Å². The fourth-order valence-corrected chi connectivity index (χ4v) is 2.10. The Morgan fingerprint density at radius 3 is 2.11 bits per heavy atom. The zero-order chi connectivity index (χ0) is 14.6. The van der Waals surface area contributed by atoms with Gasteiger partial charge in [-0.1, -0.05) is 44.2 Å². The zero-order valence-electron chi connectivity index (χ0n) is 12.2. The summed E-state index contributed by atoms with van der Waals surface area (Å²) in [6.07, 6.45) is 0. The summed E-state index contributed by atoms with van der Waals surface area (Å²) in [6, 6.07) is 9.54. The Morgan fingerprint density at radius 1 is 1.21 bits per heavy atom. The standard InChI is InChI=1S/C14H22N2O3/c1-11(2)13(12-9-7-6-8-10-12)15(14(3,4)5)19-16(17)18/h6-11,13H,1-5H3. The highest BCUT2D eigenvalue weighted by Gasteiger charge is 2.35. The molecule has 0 saturated carbocycles. The molecule has 1 unspecified atom stereocenters. The summed E-state index contributed by atoms with van der Waals surface area (Å²) in [5.74, 6) is 0.182. The van der Waals surface area contributed by atoms with Gasteiger partial charge in [-0.25, -0.2) is 4.94 Å². The van der Waals surface area contributed by atoms with E-state index in [1.54, 1.807) is 0 Å². The molecular formula is C14H22N2O3. The second-order valence-electron chi connectivity index (χ2n) is 5.90. The van der Waals surface area contributed by atoms with Crippen molar-refractivity contribution in [1.29, 1.82) is 0 Å². The van der Waals surface area contributed by atoms with Gasteiger partial charge in [0.25, 0.3) is 0 Å². The van der Waals surface area contributed by atoms with Gasteiger partial charge < -0.3 is 0 Å². The molecule has 0 spiro atoms. The lowest BCUT2D eigenvalue weighted by molar-refractivity contribution is -0.819. The molecule has 0 fully saturated rings. The van der Waals surface area contributed by atoms with Crippen molar-refractivity contribution < 1.29 is 10.0 Å². The van der Waals surface area contributed by atoms with Crippen LogP contribution in [0.3, 0.4) is 0 Å². The van der Waals surface area contributed by atoms with E-state index in [0.717, 1.165) is 5.56 Å². The minimum atomic E-state index is -0.746. The fourth-order valence-electron chi connectivity index (χ4n) is 2.10. The minimum Gasteiger partial charge on any atom is -0.216 e. The number of hydrogen-bond donors (Lipinski definition) is 0. The Bertz CT molecular complexity index is 412. The van der Waals surface area contributed by atoms with Gasteiger partial charge in [-0.15, -0.1) is 15.2 Å². The maximum absolute atomic E-state index is 10.8. The monoisotopic (exact) mass is 266 g/mol. The normalized spacial score (nSPS) is 13.6. The van der Waals surface area contributed by atoms with Crippen LogP contribution in [-0.4, -0.2) is 15.7 Å². The van der Waals surface area contributed by atoms with E-state index in [4.69, 9.17) is 4.94 Å². The summed E-state index contributed by atoms with van der Waals surface area (Å²) in [5.41, 5.74) is 0.534. The SMILES string of the molecule is CC(C)C(c1ccccc1)N(O[N+](=O)[O-])C(C)(C)C. The molecule has 1 atom stereocenters. The second-order valence-corrected chi connectivity index (χ2v) is 5.90. The number of nitrogens with zero attached hydrogens (tertiary/aromatic N) is 2. The molecule has 0 aliphatic carbocycles. The predicted octanol–water partition coefficient (Wildman–Crippen LogP) is 3.61. The van der Waals surface area contributed by atoms with Gasteiger partial charge in [-0.2, -0.15) is 0 Å². The van der Waals surface area contributed by atoms with Crippen LogP contribution < -0.4 is 0 Å². The van der Waals surface area contributed by atoms with Crippen LogP contribution in [0, 0.1) is 16.0 Å². The topological polar surface area (TPSA) is 55.6 Å². The summed E-state index contributed by atoms with van der Waals surface area (Å²) in [4.78, 5) is 15.6. The Kier molecular flexibility index (Phi) is 4.89. The first-order chi connectivity index (χ1) is 8.73. The number of rotatable bonds is 5. The van der Waals surface area contributed by atoms with Crippen molar-refractivity contribution in [3.63, 3.8) is 0 Å². The molecule has 1 aromatic rings. The number of benzene rings is 1. The van der Waals surface area contributed by atoms with E-state index in [1.807, 2.05) is 65.0 Å². The van der Waals surface area contributed by atoms with E-state index in [-0.39, 0.29) is 12.0 Å². The largest absolute Gasteiger partial charge is 0.312 e. The summed E-state index contributed by atoms with van der Waals surface area (Å²) < 4.78 is 0. The molecule has 1 aromatic carbocycles. The molecule has 0 bridgehead atoms. The van der Waals surface area contributed by atoms with Crippen LogP contribution >= 0.6 is 0 Å². The van der Waals surface area contributed by atoms with Crippen molar-refractivity contribution in [2.45, 2.75) is 46.2 Å². The summed E-state index contributed by atoms with van der Waals surface area (Å²) in [5, 5.41) is 11.5. The van der Waals surface area contributed by atoms with Gasteiger partial charge in [0.2, 0.25) is 0 Å². The maximum atomic E-state index is 10.8. The Morgan fingerprint density at radius 2 is 1.74 bits per heavy atom. The highest BCUT2D eigenvalue weighted by molar-refractivity contribution is 5.19. The van der Waals surface area contributed by atoms with Gasteiger partial charge in [0, 0.05) is 5.54 Å². The lowest BCUT2D eigenvalue weighted by Gasteiger charge is -2.40. The van der Waals surface area contributed by atoms with Gasteiger partial charge in [0.05, 0.1) is 6.04 Å². The molecule has 0 saturated heterocycles. The van der Waals surface area contributed by atoms with Crippen LogP contribution in [0.15, 0.2) is 30.3 Å². The molecule has 0 aliphatic heterocycles. The lowest BCUT2D eigenvalue weighted by Crippen LogP contribution is -2.46. The molecule has 19 heavy (non-hydrogen) atoms. The molecular weight excluding hydrogens is 244 g/mol. The molecule has 0 heterocycles. The van der Waals surface area contributed by atoms with Gasteiger partial charge in [-0.3, -0.25) is 0 Å². The molecule has 106 valence electrons. The van der Waals surface area contributed by atoms with Crippen molar-refractivity contribution in [3.8, 4) is 0 Å². The number of hydroxylamine groups is 2. The first-order valence-corrected chi connectivity index (χ1v) is 6.40. The number of hydrogen-bond acceptors (Lipinski definition) is 4. The summed E-state index contributed by atoms with van der Waals surface area (Å²) >= 11 is 0. The van der Waals surface area contributed by atoms with Crippen molar-refractivity contribution in [2.75, 3.05) is 0 Å². The molecule has 0 amide bonds. The van der Waals surface area contributed by atoms with Gasteiger partial charge in [0.1, 0.15) is 0 Å². The van der Waals surface area contributed by atoms with E-state index in [0.29, 0.717) is 0 Å². The van der Waals surface area contributed by atoms with Crippen LogP contribution in [0.4, 0.5) is 0 Å². The highest BCUT2D eigenvalue weighted by atomic mass is 17.0. The minimum absolute atomic E-state index is 0.174. The molecule has 0 aliphatic rings. The molecule has 5 nitrogen and oxygen atoms in total. The van der Waals surface area contributed by atoms with Crippen LogP contribution in [0.1, 0.15) is 46.2 Å². The van der Waals surface area contributed by atoms with E-state index < -0.39 is 10.6 Å². The zero-order valence-corrected chi connectivity index (χ0v) is 12.2. The van der Waals surface area contributed by atoms with Gasteiger partial charge in [0.15, 0.2) is 0 Å². The first-order valence-electron chi connectivity index (χ1n) is 6.40. The van der Waals surface area contributed by atoms with Crippen molar-refractivity contribution in [2.24, 2.45) is 5.92 Å². The Labute approximate surface area is 114 Å². The predicted molar refractivity (Wildman–Crippen MR) is 73.7 cm³/mol. The van der Waals surface area contributed by atoms with Gasteiger partial charge >= 0.3 is 5.09 Å². The second kappa shape index (κ2) is 6.02. The van der Waals surface area contributed by atoms with Crippen LogP contribution in [0.5, 0.6) is 0 Å². The first kappa shape index (κ1) is 15.4. The van der Waals surface area contributed by atoms with Crippen molar-refractivity contribution in [1.82, 2.24) is 5.06 Å². The van der Waals surface area contributed by atoms with E-state index in [2.05, 4.69) is 0 Å². The smallest absolute Gasteiger partial charge is 0.216 e. The van der Waals surface area contributed by atoms with E-state index in [1.165, 1.54) is 5.06 Å². The third kappa shape index (κ3) is 4.21. The van der Waals surface area contributed by atoms with Crippen molar-refractivity contribution >= 4 is 0 Å². The van der Waals surface area contributed by atoms with Crippen molar-refractivity contribution in [3.05, 3.63) is 46.0 Å². The Balaban J connectivity index is 3.17. The fraction of sp³-hybridized carbons (Fsp3) is 0.571.